The van der Waals surface area contributed by atoms with E-state index >= 15 is 0 Å². The number of pyridine rings is 1. The summed E-state index contributed by atoms with van der Waals surface area (Å²) >= 11 is 17.7. The minimum absolute atomic E-state index is 0.0373. The van der Waals surface area contributed by atoms with Crippen molar-refractivity contribution in [3.05, 3.63) is 50.6 Å². The third kappa shape index (κ3) is 3.31. The molecule has 0 saturated heterocycles. The second-order valence-electron chi connectivity index (χ2n) is 4.02. The molecule has 21 heavy (non-hydrogen) atoms. The molecule has 1 aromatic carbocycles. The lowest BCUT2D eigenvalue weighted by Gasteiger charge is -2.12. The lowest BCUT2D eigenvalue weighted by Crippen LogP contribution is -2.07. The smallest absolute Gasteiger partial charge is 0.298 e. The van der Waals surface area contributed by atoms with Gasteiger partial charge in [-0.15, -0.1) is 0 Å². The van der Waals surface area contributed by atoms with Crippen LogP contribution >= 0.6 is 34.8 Å². The number of carbonyl (C=O) groups excluding carboxylic acids is 1. The molecule has 0 aliphatic heterocycles. The quantitative estimate of drug-likeness (QED) is 0.663. The first kappa shape index (κ1) is 16.1. The van der Waals surface area contributed by atoms with Gasteiger partial charge >= 0.3 is 6.18 Å². The second kappa shape index (κ2) is 5.83. The van der Waals surface area contributed by atoms with Crippen molar-refractivity contribution < 1.29 is 18.0 Å². The van der Waals surface area contributed by atoms with E-state index in [0.29, 0.717) is 12.3 Å². The van der Waals surface area contributed by atoms with Crippen molar-refractivity contribution in [2.75, 3.05) is 0 Å². The van der Waals surface area contributed by atoms with Crippen molar-refractivity contribution in [1.29, 1.82) is 0 Å². The summed E-state index contributed by atoms with van der Waals surface area (Å²) in [5.74, 6) is 0. The molecule has 0 saturated carbocycles. The van der Waals surface area contributed by atoms with Crippen molar-refractivity contribution in [2.45, 2.75) is 6.18 Å². The van der Waals surface area contributed by atoms with E-state index in [1.165, 1.54) is 12.1 Å². The number of alkyl halides is 3. The number of benzene rings is 1. The van der Waals surface area contributed by atoms with Crippen LogP contribution in [0, 0.1) is 0 Å². The number of hydrogen-bond donors (Lipinski definition) is 0. The van der Waals surface area contributed by atoms with Gasteiger partial charge in [0.25, 0.3) is 0 Å². The van der Waals surface area contributed by atoms with Gasteiger partial charge in [0.2, 0.25) is 0 Å². The highest BCUT2D eigenvalue weighted by Gasteiger charge is 2.32. The van der Waals surface area contributed by atoms with Gasteiger partial charge in [0.15, 0.2) is 6.29 Å². The van der Waals surface area contributed by atoms with E-state index in [2.05, 4.69) is 4.98 Å². The van der Waals surface area contributed by atoms with Crippen LogP contribution in [-0.4, -0.2) is 11.3 Å². The number of nitrogens with zero attached hydrogens (tertiary/aromatic N) is 1. The molecule has 0 bridgehead atoms. The highest BCUT2D eigenvalue weighted by Crippen LogP contribution is 2.38. The van der Waals surface area contributed by atoms with E-state index in [4.69, 9.17) is 34.8 Å². The van der Waals surface area contributed by atoms with Crippen LogP contribution in [-0.2, 0) is 6.18 Å². The number of rotatable bonds is 2. The van der Waals surface area contributed by atoms with Crippen LogP contribution in [0.4, 0.5) is 13.2 Å². The molecule has 0 spiro atoms. The Kier molecular flexibility index (Phi) is 4.46. The van der Waals surface area contributed by atoms with Gasteiger partial charge in [-0.1, -0.05) is 34.8 Å². The minimum atomic E-state index is -4.60. The van der Waals surface area contributed by atoms with Gasteiger partial charge in [-0.2, -0.15) is 13.2 Å². The van der Waals surface area contributed by atoms with Crippen molar-refractivity contribution in [3.63, 3.8) is 0 Å². The summed E-state index contributed by atoms with van der Waals surface area (Å²) in [6.45, 7) is 0. The molecular weight excluding hydrogens is 350 g/mol. The first-order valence-corrected chi connectivity index (χ1v) is 6.54. The zero-order valence-electron chi connectivity index (χ0n) is 10.0. The molecule has 0 aliphatic carbocycles. The monoisotopic (exact) mass is 353 g/mol. The molecule has 1 aromatic heterocycles. The van der Waals surface area contributed by atoms with E-state index in [0.717, 1.165) is 0 Å². The Morgan fingerprint density at radius 2 is 1.62 bits per heavy atom. The Labute approximate surface area is 132 Å². The van der Waals surface area contributed by atoms with E-state index in [9.17, 15) is 18.0 Å². The Morgan fingerprint density at radius 1 is 1.05 bits per heavy atom. The largest absolute Gasteiger partial charge is 0.417 e. The molecule has 0 amide bonds. The van der Waals surface area contributed by atoms with E-state index in [-0.39, 0.29) is 38.2 Å². The predicted molar refractivity (Wildman–Crippen MR) is 75.1 cm³/mol. The first-order chi connectivity index (χ1) is 9.74. The molecule has 2 nitrogen and oxygen atoms in total. The van der Waals surface area contributed by atoms with E-state index < -0.39 is 11.7 Å². The van der Waals surface area contributed by atoms with Crippen LogP contribution < -0.4 is 0 Å². The van der Waals surface area contributed by atoms with Gasteiger partial charge < -0.3 is 0 Å². The van der Waals surface area contributed by atoms with Gasteiger partial charge in [0.1, 0.15) is 0 Å². The number of aldehydes is 1. The van der Waals surface area contributed by atoms with Gasteiger partial charge in [-0.25, -0.2) is 0 Å². The van der Waals surface area contributed by atoms with Gasteiger partial charge in [0, 0.05) is 22.3 Å². The number of aromatic nitrogens is 1. The molecule has 2 aromatic rings. The SMILES string of the molecule is O=Cc1cc(C(F)(F)F)cnc1-c1c(Cl)cc(Cl)cc1Cl. The lowest BCUT2D eigenvalue weighted by molar-refractivity contribution is -0.137. The summed E-state index contributed by atoms with van der Waals surface area (Å²) in [6, 6.07) is 3.41. The molecule has 0 N–H and O–H groups in total. The van der Waals surface area contributed by atoms with Crippen LogP contribution in [0.1, 0.15) is 15.9 Å². The fourth-order valence-electron chi connectivity index (χ4n) is 1.70. The summed E-state index contributed by atoms with van der Waals surface area (Å²) in [6.07, 6.45) is -3.72. The standard InChI is InChI=1S/C13H5Cl3F3NO/c14-8-2-9(15)11(10(16)3-8)12-6(5-21)1-7(4-20-12)13(17,18)19/h1-5H. The Balaban J connectivity index is 2.68. The van der Waals surface area contributed by atoms with Crippen LogP contribution in [0.3, 0.4) is 0 Å². The molecule has 110 valence electrons. The molecule has 0 radical (unpaired) electrons. The van der Waals surface area contributed by atoms with Crippen molar-refractivity contribution in [1.82, 2.24) is 4.98 Å². The Hall–Kier alpha value is -1.30. The molecular formula is C13H5Cl3F3NO. The molecule has 0 unspecified atom stereocenters. The normalized spacial score (nSPS) is 11.5. The summed E-state index contributed by atoms with van der Waals surface area (Å²) in [7, 11) is 0. The predicted octanol–water partition coefficient (Wildman–Crippen LogP) is 5.54. The first-order valence-electron chi connectivity index (χ1n) is 5.41. The summed E-state index contributed by atoms with van der Waals surface area (Å²) in [5.41, 5.74) is -1.19. The maximum absolute atomic E-state index is 12.6. The molecule has 0 aliphatic rings. The molecule has 8 heteroatoms. The fraction of sp³-hybridized carbons (Fsp3) is 0.0769. The van der Waals surface area contributed by atoms with E-state index in [1.54, 1.807) is 0 Å². The lowest BCUT2D eigenvalue weighted by atomic mass is 10.0. The fourth-order valence-corrected chi connectivity index (χ4v) is 2.70. The van der Waals surface area contributed by atoms with Gasteiger partial charge in [-0.3, -0.25) is 9.78 Å². The average molecular weight is 355 g/mol. The zero-order chi connectivity index (χ0) is 15.8. The van der Waals surface area contributed by atoms with Crippen molar-refractivity contribution >= 4 is 41.1 Å². The Morgan fingerprint density at radius 3 is 2.10 bits per heavy atom. The Bertz CT molecular complexity index is 693. The van der Waals surface area contributed by atoms with E-state index in [1.807, 2.05) is 0 Å². The number of carbonyl (C=O) groups is 1. The van der Waals surface area contributed by atoms with Crippen LogP contribution in [0.25, 0.3) is 11.3 Å². The van der Waals surface area contributed by atoms with Crippen LogP contribution in [0.15, 0.2) is 24.4 Å². The maximum atomic E-state index is 12.6. The minimum Gasteiger partial charge on any atom is -0.298 e. The topological polar surface area (TPSA) is 30.0 Å². The average Bonchev–Trinajstić information content (AvgIpc) is 2.36. The van der Waals surface area contributed by atoms with Crippen LogP contribution in [0.2, 0.25) is 15.1 Å². The number of hydrogen-bond acceptors (Lipinski definition) is 2. The number of halogens is 6. The summed E-state index contributed by atoms with van der Waals surface area (Å²) in [5, 5.41) is 0.430. The maximum Gasteiger partial charge on any atom is 0.417 e. The summed E-state index contributed by atoms with van der Waals surface area (Å²) in [4.78, 5) is 14.7. The highest BCUT2D eigenvalue weighted by atomic mass is 35.5. The molecule has 0 fully saturated rings. The molecule has 0 atom stereocenters. The second-order valence-corrected chi connectivity index (χ2v) is 5.27. The van der Waals surface area contributed by atoms with Crippen molar-refractivity contribution in [2.24, 2.45) is 0 Å². The third-order valence-corrected chi connectivity index (χ3v) is 3.43. The zero-order valence-corrected chi connectivity index (χ0v) is 12.3. The van der Waals surface area contributed by atoms with Gasteiger partial charge in [0.05, 0.1) is 21.3 Å². The van der Waals surface area contributed by atoms with Crippen molar-refractivity contribution in [3.8, 4) is 11.3 Å². The highest BCUT2D eigenvalue weighted by molar-refractivity contribution is 6.41. The summed E-state index contributed by atoms with van der Waals surface area (Å²) < 4.78 is 37.9. The van der Waals surface area contributed by atoms with Gasteiger partial charge in [-0.05, 0) is 18.2 Å². The third-order valence-electron chi connectivity index (χ3n) is 2.62. The molecule has 2 rings (SSSR count). The van der Waals surface area contributed by atoms with Crippen LogP contribution in [0.5, 0.6) is 0 Å². The molecule has 1 heterocycles.